The Hall–Kier alpha value is -5.57. The highest BCUT2D eigenvalue weighted by Gasteiger charge is 2.44. The van der Waals surface area contributed by atoms with Crippen molar-refractivity contribution in [3.63, 3.8) is 0 Å². The van der Waals surface area contributed by atoms with E-state index in [1.54, 1.807) is 24.9 Å². The van der Waals surface area contributed by atoms with E-state index in [1.807, 2.05) is 43.3 Å². The Bertz CT molecular complexity index is 2100. The van der Waals surface area contributed by atoms with Crippen LogP contribution in [-0.4, -0.2) is 80.6 Å². The van der Waals surface area contributed by atoms with Gasteiger partial charge in [-0.05, 0) is 74.4 Å². The van der Waals surface area contributed by atoms with E-state index >= 15 is 0 Å². The Kier molecular flexibility index (Phi) is 11.3. The van der Waals surface area contributed by atoms with Crippen LogP contribution in [-0.2, 0) is 26.4 Å². The van der Waals surface area contributed by atoms with Crippen LogP contribution in [0, 0.1) is 17.6 Å². The lowest BCUT2D eigenvalue weighted by Crippen LogP contribution is -2.46. The number of hydrogen-bond donors (Lipinski definition) is 0. The minimum Gasteiger partial charge on any atom is -0.493 e. The predicted molar refractivity (Wildman–Crippen MR) is 201 cm³/mol. The molecular weight excluding hydrogens is 710 g/mol. The number of piperazine rings is 1. The van der Waals surface area contributed by atoms with Gasteiger partial charge in [-0.2, -0.15) is 10.2 Å². The summed E-state index contributed by atoms with van der Waals surface area (Å²) in [5.74, 6) is -0.888. The van der Waals surface area contributed by atoms with Gasteiger partial charge in [0.15, 0.2) is 0 Å². The first kappa shape index (κ1) is 37.7. The molecule has 7 rings (SSSR count). The Morgan fingerprint density at radius 3 is 2.22 bits per heavy atom. The topological polar surface area (TPSA) is 122 Å². The van der Waals surface area contributed by atoms with Gasteiger partial charge in [0.1, 0.15) is 48.1 Å². The van der Waals surface area contributed by atoms with Crippen LogP contribution in [0.15, 0.2) is 90.5 Å². The molecule has 4 atom stereocenters. The van der Waals surface area contributed by atoms with Crippen LogP contribution < -0.4 is 20.2 Å². The SMILES string of the molecule is CCC(=O)OC(C)C(CC)n1ncn(-c2ccc(N3CCN(c4ccc(OCC5COC(Cn6cncn6)(c6ccc(F)cc6F)C5)cc4)CC3)cc2)c1=O. The number of ether oxygens (including phenoxy) is 3. The fraction of sp³-hybridized carbons (Fsp3) is 0.425. The van der Waals surface area contributed by atoms with E-state index in [4.69, 9.17) is 14.2 Å². The molecule has 15 heteroatoms. The van der Waals surface area contributed by atoms with Crippen molar-refractivity contribution in [3.8, 4) is 11.4 Å². The molecule has 2 aliphatic rings. The summed E-state index contributed by atoms with van der Waals surface area (Å²) in [5.41, 5.74) is 1.87. The Morgan fingerprint density at radius 2 is 1.60 bits per heavy atom. The van der Waals surface area contributed by atoms with E-state index < -0.39 is 23.3 Å². The van der Waals surface area contributed by atoms with Crippen molar-refractivity contribution in [1.82, 2.24) is 29.1 Å². The third kappa shape index (κ3) is 8.26. The van der Waals surface area contributed by atoms with Crippen molar-refractivity contribution in [2.24, 2.45) is 5.92 Å². The quantitative estimate of drug-likeness (QED) is 0.134. The number of rotatable bonds is 14. The summed E-state index contributed by atoms with van der Waals surface area (Å²) in [5, 5.41) is 8.54. The smallest absolute Gasteiger partial charge is 0.350 e. The van der Waals surface area contributed by atoms with E-state index in [9.17, 15) is 18.4 Å². The van der Waals surface area contributed by atoms with Gasteiger partial charge in [0.05, 0.1) is 31.5 Å². The highest BCUT2D eigenvalue weighted by atomic mass is 19.1. The Morgan fingerprint density at radius 1 is 0.927 bits per heavy atom. The molecule has 0 aliphatic carbocycles. The van der Waals surface area contributed by atoms with Gasteiger partial charge in [-0.3, -0.25) is 4.79 Å². The maximum Gasteiger partial charge on any atom is 0.350 e. The molecule has 2 aromatic heterocycles. The van der Waals surface area contributed by atoms with Crippen molar-refractivity contribution in [2.75, 3.05) is 49.2 Å². The molecule has 290 valence electrons. The molecule has 13 nitrogen and oxygen atoms in total. The van der Waals surface area contributed by atoms with Gasteiger partial charge in [-0.15, -0.1) is 0 Å². The van der Waals surface area contributed by atoms with Crippen LogP contribution in [0.25, 0.3) is 5.69 Å². The number of benzene rings is 3. The molecule has 0 N–H and O–H groups in total. The van der Waals surface area contributed by atoms with Crippen molar-refractivity contribution in [3.05, 3.63) is 113 Å². The standard InChI is InChI=1S/C40H46F2N8O5/c1-4-37(28(3)55-38(51)5-2)50-39(52)49(27-45-50)33-9-7-31(8-10-33)46-16-18-47(19-17-46)32-11-13-34(14-12-32)53-22-29-21-40(54-23-29,24-48-26-43-25-44-48)35-15-6-30(41)20-36(35)42/h6-15,20,25-29,37H,4-5,16-19,21-24H2,1-3H3. The number of carbonyl (C=O) groups is 1. The summed E-state index contributed by atoms with van der Waals surface area (Å²) in [4.78, 5) is 33.8. The van der Waals surface area contributed by atoms with Crippen LogP contribution in [0.5, 0.6) is 5.75 Å². The second kappa shape index (κ2) is 16.4. The average molecular weight is 757 g/mol. The minimum atomic E-state index is -1.03. The van der Waals surface area contributed by atoms with Crippen LogP contribution in [0.4, 0.5) is 20.2 Å². The van der Waals surface area contributed by atoms with E-state index in [1.165, 1.54) is 34.0 Å². The minimum absolute atomic E-state index is 0.0193. The van der Waals surface area contributed by atoms with Crippen molar-refractivity contribution in [1.29, 1.82) is 0 Å². The maximum atomic E-state index is 15.0. The lowest BCUT2D eigenvalue weighted by atomic mass is 9.87. The molecule has 4 heterocycles. The zero-order chi connectivity index (χ0) is 38.5. The van der Waals surface area contributed by atoms with Crippen LogP contribution in [0.1, 0.15) is 51.6 Å². The zero-order valence-electron chi connectivity index (χ0n) is 31.3. The number of hydrogen-bond acceptors (Lipinski definition) is 10. The molecule has 5 aromatic rings. The predicted octanol–water partition coefficient (Wildman–Crippen LogP) is 5.53. The summed E-state index contributed by atoms with van der Waals surface area (Å²) < 4.78 is 51.2. The zero-order valence-corrected chi connectivity index (χ0v) is 31.3. The molecule has 2 fully saturated rings. The third-order valence-electron chi connectivity index (χ3n) is 10.6. The highest BCUT2D eigenvalue weighted by Crippen LogP contribution is 2.42. The first-order valence-corrected chi connectivity index (χ1v) is 18.8. The van der Waals surface area contributed by atoms with Crippen LogP contribution >= 0.6 is 0 Å². The van der Waals surface area contributed by atoms with E-state index in [0.29, 0.717) is 37.3 Å². The number of esters is 1. The molecule has 0 spiro atoms. The Labute approximate surface area is 318 Å². The summed E-state index contributed by atoms with van der Waals surface area (Å²) in [6.45, 7) is 9.77. The molecule has 0 bridgehead atoms. The van der Waals surface area contributed by atoms with Crippen molar-refractivity contribution in [2.45, 2.75) is 64.3 Å². The molecule has 2 aliphatic heterocycles. The number of halogens is 2. The van der Waals surface area contributed by atoms with Gasteiger partial charge in [-0.1, -0.05) is 19.9 Å². The Balaban J connectivity index is 0.915. The third-order valence-corrected chi connectivity index (χ3v) is 10.6. The number of carbonyl (C=O) groups excluding carboxylic acids is 1. The molecule has 3 aromatic carbocycles. The molecule has 0 saturated carbocycles. The molecule has 4 unspecified atom stereocenters. The summed E-state index contributed by atoms with van der Waals surface area (Å²) in [7, 11) is 0. The maximum absolute atomic E-state index is 15.0. The van der Waals surface area contributed by atoms with Gasteiger partial charge < -0.3 is 24.0 Å². The number of anilines is 2. The summed E-state index contributed by atoms with van der Waals surface area (Å²) in [6, 6.07) is 19.1. The lowest BCUT2D eigenvalue weighted by molar-refractivity contribution is -0.150. The van der Waals surface area contributed by atoms with Crippen LogP contribution in [0.2, 0.25) is 0 Å². The van der Waals surface area contributed by atoms with E-state index in [2.05, 4.69) is 37.1 Å². The largest absolute Gasteiger partial charge is 0.493 e. The number of nitrogens with zero attached hydrogens (tertiary/aromatic N) is 8. The van der Waals surface area contributed by atoms with E-state index in [0.717, 1.165) is 49.4 Å². The fourth-order valence-corrected chi connectivity index (χ4v) is 7.59. The normalized spacial score (nSPS) is 19.7. The van der Waals surface area contributed by atoms with Gasteiger partial charge in [0.2, 0.25) is 0 Å². The summed E-state index contributed by atoms with van der Waals surface area (Å²) in [6.07, 6.45) is 5.34. The monoisotopic (exact) mass is 756 g/mol. The molecule has 0 radical (unpaired) electrons. The second-order valence-electron chi connectivity index (χ2n) is 14.1. The van der Waals surface area contributed by atoms with Gasteiger partial charge in [0.25, 0.3) is 0 Å². The van der Waals surface area contributed by atoms with Gasteiger partial charge in [-0.25, -0.2) is 32.5 Å². The van der Waals surface area contributed by atoms with Crippen molar-refractivity contribution >= 4 is 17.3 Å². The average Bonchev–Trinajstić information content (AvgIpc) is 3.96. The van der Waals surface area contributed by atoms with Gasteiger partial charge >= 0.3 is 11.7 Å². The molecule has 55 heavy (non-hydrogen) atoms. The van der Waals surface area contributed by atoms with Crippen molar-refractivity contribution < 1.29 is 27.8 Å². The second-order valence-corrected chi connectivity index (χ2v) is 14.1. The first-order valence-electron chi connectivity index (χ1n) is 18.8. The molecular formula is C40H46F2N8O5. The first-order chi connectivity index (χ1) is 26.7. The lowest BCUT2D eigenvalue weighted by Gasteiger charge is -2.37. The number of aromatic nitrogens is 6. The van der Waals surface area contributed by atoms with Gasteiger partial charge in [0, 0.05) is 61.5 Å². The fourth-order valence-electron chi connectivity index (χ4n) is 7.59. The highest BCUT2D eigenvalue weighted by molar-refractivity contribution is 5.69. The molecule has 0 amide bonds. The molecule has 2 saturated heterocycles. The summed E-state index contributed by atoms with van der Waals surface area (Å²) >= 11 is 0. The van der Waals surface area contributed by atoms with Crippen LogP contribution in [0.3, 0.4) is 0 Å². The van der Waals surface area contributed by atoms with E-state index in [-0.39, 0.29) is 36.6 Å².